The Morgan fingerprint density at radius 2 is 1.59 bits per heavy atom. The van der Waals surface area contributed by atoms with Crippen LogP contribution in [0.3, 0.4) is 0 Å². The Balaban J connectivity index is 1.41. The molecule has 2 aromatic carbocycles. The van der Waals surface area contributed by atoms with Crippen molar-refractivity contribution in [1.29, 1.82) is 0 Å². The van der Waals surface area contributed by atoms with Gasteiger partial charge in [0.15, 0.2) is 0 Å². The van der Waals surface area contributed by atoms with Gasteiger partial charge in [-0.3, -0.25) is 4.98 Å². The van der Waals surface area contributed by atoms with Crippen molar-refractivity contribution >= 4 is 0 Å². The summed E-state index contributed by atoms with van der Waals surface area (Å²) in [5, 5.41) is 3.61. The van der Waals surface area contributed by atoms with Crippen molar-refractivity contribution in [3.05, 3.63) is 102 Å². The molecule has 1 N–H and O–H groups in total. The van der Waals surface area contributed by atoms with Gasteiger partial charge in [-0.25, -0.2) is 0 Å². The summed E-state index contributed by atoms with van der Waals surface area (Å²) in [5.41, 5.74) is 3.87. The van der Waals surface area contributed by atoms with Crippen LogP contribution in [-0.4, -0.2) is 23.7 Å². The Morgan fingerprint density at radius 3 is 2.15 bits per heavy atom. The monoisotopic (exact) mass is 358 g/mol. The molecule has 1 aliphatic heterocycles. The van der Waals surface area contributed by atoms with E-state index in [0.717, 1.165) is 26.0 Å². The number of rotatable bonds is 6. The average molecular weight is 358 g/mol. The molecule has 2 atom stereocenters. The standard InChI is InChI=1S/C24H26N2O/c1-3-9-20(10-4-1)24(21-11-5-2-6-12-21)23-14-13-22(18-27-23)26-17-19-8-7-15-25-16-19/h1-12,15-16,22-24,26H,13-14,17-18H2/t22-,23-/m0/s1. The minimum absolute atomic E-state index is 0.214. The maximum atomic E-state index is 6.37. The quantitative estimate of drug-likeness (QED) is 0.702. The van der Waals surface area contributed by atoms with Crippen LogP contribution in [0.4, 0.5) is 0 Å². The van der Waals surface area contributed by atoms with Gasteiger partial charge in [-0.1, -0.05) is 66.7 Å². The zero-order valence-electron chi connectivity index (χ0n) is 15.5. The van der Waals surface area contributed by atoms with Crippen LogP contribution in [0.2, 0.25) is 0 Å². The number of nitrogens with one attached hydrogen (secondary N) is 1. The third-order valence-electron chi connectivity index (χ3n) is 5.32. The van der Waals surface area contributed by atoms with Crippen LogP contribution in [0.1, 0.15) is 35.4 Å². The van der Waals surface area contributed by atoms with Crippen LogP contribution >= 0.6 is 0 Å². The summed E-state index contributed by atoms with van der Waals surface area (Å²) >= 11 is 0. The second-order valence-electron chi connectivity index (χ2n) is 7.19. The van der Waals surface area contributed by atoms with E-state index in [1.54, 1.807) is 0 Å². The number of benzene rings is 2. The average Bonchev–Trinajstić information content (AvgIpc) is 2.76. The lowest BCUT2D eigenvalue weighted by molar-refractivity contribution is -0.0116. The summed E-state index contributed by atoms with van der Waals surface area (Å²) in [4.78, 5) is 4.18. The highest BCUT2D eigenvalue weighted by Crippen LogP contribution is 2.34. The van der Waals surface area contributed by atoms with E-state index in [4.69, 9.17) is 4.74 Å². The summed E-state index contributed by atoms with van der Waals surface area (Å²) in [6, 6.07) is 26.0. The van der Waals surface area contributed by atoms with Crippen molar-refractivity contribution in [2.75, 3.05) is 6.61 Å². The van der Waals surface area contributed by atoms with E-state index < -0.39 is 0 Å². The van der Waals surface area contributed by atoms with Gasteiger partial charge >= 0.3 is 0 Å². The van der Waals surface area contributed by atoms with E-state index in [1.165, 1.54) is 16.7 Å². The Kier molecular flexibility index (Phi) is 5.92. The van der Waals surface area contributed by atoms with Gasteiger partial charge in [0.1, 0.15) is 0 Å². The van der Waals surface area contributed by atoms with Gasteiger partial charge in [0.05, 0.1) is 12.7 Å². The summed E-state index contributed by atoms with van der Waals surface area (Å²) in [5.74, 6) is 0.284. The lowest BCUT2D eigenvalue weighted by Crippen LogP contribution is -2.41. The fourth-order valence-corrected chi connectivity index (χ4v) is 3.90. The molecular formula is C24H26N2O. The largest absolute Gasteiger partial charge is 0.376 e. The Labute approximate surface area is 161 Å². The maximum absolute atomic E-state index is 6.37. The van der Waals surface area contributed by atoms with E-state index in [2.05, 4.69) is 77.0 Å². The second-order valence-corrected chi connectivity index (χ2v) is 7.19. The Hall–Kier alpha value is -2.49. The van der Waals surface area contributed by atoms with E-state index in [1.807, 2.05) is 18.5 Å². The molecule has 0 aliphatic carbocycles. The summed E-state index contributed by atoms with van der Waals surface area (Å²) < 4.78 is 6.37. The van der Waals surface area contributed by atoms with Crippen LogP contribution in [0, 0.1) is 0 Å². The Morgan fingerprint density at radius 1 is 0.889 bits per heavy atom. The third-order valence-corrected chi connectivity index (χ3v) is 5.32. The predicted octanol–water partition coefficient (Wildman–Crippen LogP) is 4.55. The molecule has 3 nitrogen and oxygen atoms in total. The van der Waals surface area contributed by atoms with Crippen molar-refractivity contribution in [2.24, 2.45) is 0 Å². The van der Waals surface area contributed by atoms with Crippen LogP contribution in [0.25, 0.3) is 0 Å². The Bertz CT molecular complexity index is 760. The van der Waals surface area contributed by atoms with Crippen molar-refractivity contribution in [3.63, 3.8) is 0 Å². The molecule has 3 heteroatoms. The number of pyridine rings is 1. The van der Waals surface area contributed by atoms with Crippen molar-refractivity contribution in [3.8, 4) is 0 Å². The third kappa shape index (κ3) is 4.62. The highest BCUT2D eigenvalue weighted by molar-refractivity contribution is 5.34. The zero-order chi connectivity index (χ0) is 18.3. The first-order chi connectivity index (χ1) is 13.4. The lowest BCUT2D eigenvalue weighted by Gasteiger charge is -2.35. The van der Waals surface area contributed by atoms with E-state index in [0.29, 0.717) is 6.04 Å². The highest BCUT2D eigenvalue weighted by atomic mass is 16.5. The minimum Gasteiger partial charge on any atom is -0.376 e. The van der Waals surface area contributed by atoms with Crippen molar-refractivity contribution < 1.29 is 4.74 Å². The SMILES string of the molecule is c1ccc(C(c2ccccc2)[C@@H]2CC[C@H](NCc3cccnc3)CO2)cc1. The summed E-state index contributed by atoms with van der Waals surface area (Å²) in [6.07, 6.45) is 6.12. The van der Waals surface area contributed by atoms with Crippen molar-refractivity contribution in [1.82, 2.24) is 10.3 Å². The summed E-state index contributed by atoms with van der Waals surface area (Å²) in [6.45, 7) is 1.59. The van der Waals surface area contributed by atoms with Gasteiger partial charge in [-0.15, -0.1) is 0 Å². The normalized spacial score (nSPS) is 19.9. The second kappa shape index (κ2) is 8.94. The molecule has 1 aliphatic rings. The first kappa shape index (κ1) is 17.9. The molecule has 0 bridgehead atoms. The molecule has 1 fully saturated rings. The fraction of sp³-hybridized carbons (Fsp3) is 0.292. The highest BCUT2D eigenvalue weighted by Gasteiger charge is 2.30. The molecule has 2 heterocycles. The fourth-order valence-electron chi connectivity index (χ4n) is 3.90. The molecule has 4 rings (SSSR count). The molecule has 1 aromatic heterocycles. The molecule has 0 spiro atoms. The first-order valence-electron chi connectivity index (χ1n) is 9.74. The number of hydrogen-bond acceptors (Lipinski definition) is 3. The zero-order valence-corrected chi connectivity index (χ0v) is 15.5. The predicted molar refractivity (Wildman–Crippen MR) is 109 cm³/mol. The van der Waals surface area contributed by atoms with Crippen LogP contribution in [0.5, 0.6) is 0 Å². The molecular weight excluding hydrogens is 332 g/mol. The van der Waals surface area contributed by atoms with E-state index in [9.17, 15) is 0 Å². The van der Waals surface area contributed by atoms with Crippen LogP contribution in [-0.2, 0) is 11.3 Å². The molecule has 1 saturated heterocycles. The molecule has 138 valence electrons. The van der Waals surface area contributed by atoms with Crippen LogP contribution in [0.15, 0.2) is 85.2 Å². The van der Waals surface area contributed by atoms with Gasteiger partial charge in [-0.2, -0.15) is 0 Å². The van der Waals surface area contributed by atoms with E-state index in [-0.39, 0.29) is 12.0 Å². The molecule has 0 unspecified atom stereocenters. The van der Waals surface area contributed by atoms with Gasteiger partial charge in [-0.05, 0) is 35.6 Å². The number of nitrogens with zero attached hydrogens (tertiary/aromatic N) is 1. The molecule has 27 heavy (non-hydrogen) atoms. The van der Waals surface area contributed by atoms with Crippen LogP contribution < -0.4 is 5.32 Å². The smallest absolute Gasteiger partial charge is 0.0685 e. The number of hydrogen-bond donors (Lipinski definition) is 1. The number of ether oxygens (including phenoxy) is 1. The van der Waals surface area contributed by atoms with Crippen molar-refractivity contribution in [2.45, 2.75) is 37.5 Å². The minimum atomic E-state index is 0.214. The maximum Gasteiger partial charge on any atom is 0.0685 e. The van der Waals surface area contributed by atoms with Gasteiger partial charge in [0.25, 0.3) is 0 Å². The molecule has 0 saturated carbocycles. The molecule has 3 aromatic rings. The lowest BCUT2D eigenvalue weighted by atomic mass is 9.83. The topological polar surface area (TPSA) is 34.2 Å². The van der Waals surface area contributed by atoms with Gasteiger partial charge in [0.2, 0.25) is 0 Å². The van der Waals surface area contributed by atoms with Gasteiger partial charge < -0.3 is 10.1 Å². The van der Waals surface area contributed by atoms with Gasteiger partial charge in [0, 0.05) is 30.9 Å². The molecule has 0 amide bonds. The van der Waals surface area contributed by atoms with E-state index >= 15 is 0 Å². The first-order valence-corrected chi connectivity index (χ1v) is 9.74. The number of aromatic nitrogens is 1. The summed E-state index contributed by atoms with van der Waals surface area (Å²) in [7, 11) is 0. The molecule has 0 radical (unpaired) electrons.